The minimum absolute atomic E-state index is 0.00407. The molecule has 3 aliphatic rings. The number of hydrogen-bond donors (Lipinski definition) is 2. The van der Waals surface area contributed by atoms with Crippen LogP contribution in [0.4, 0.5) is 4.79 Å². The Labute approximate surface area is 165 Å². The van der Waals surface area contributed by atoms with E-state index in [-0.39, 0.29) is 16.7 Å². The molecule has 3 atom stereocenters. The van der Waals surface area contributed by atoms with Gasteiger partial charge in [-0.15, -0.1) is 11.3 Å². The zero-order chi connectivity index (χ0) is 19.5. The van der Waals surface area contributed by atoms with Crippen molar-refractivity contribution in [3.05, 3.63) is 23.5 Å². The fraction of sp³-hybridized carbons (Fsp3) is 0.579. The number of likely N-dealkylation sites (tertiary alicyclic amines) is 1. The van der Waals surface area contributed by atoms with E-state index in [1.807, 2.05) is 0 Å². The molecule has 0 radical (unpaired) electrons. The minimum atomic E-state index is -0.840. The van der Waals surface area contributed by atoms with Gasteiger partial charge in [0.2, 0.25) is 0 Å². The fourth-order valence-corrected chi connectivity index (χ4v) is 6.26. The number of nitrogens with one attached hydrogen (secondary N) is 1. The van der Waals surface area contributed by atoms with Gasteiger partial charge in [-0.3, -0.25) is 9.78 Å². The molecule has 3 fully saturated rings. The summed E-state index contributed by atoms with van der Waals surface area (Å²) in [5.74, 6) is 0.631. The Bertz CT molecular complexity index is 925. The molecule has 0 spiro atoms. The number of carbonyl (C=O) groups is 2. The number of piperidine rings is 1. The summed E-state index contributed by atoms with van der Waals surface area (Å²) in [4.78, 5) is 33.8. The van der Waals surface area contributed by atoms with Crippen molar-refractivity contribution in [3.63, 3.8) is 0 Å². The topological polar surface area (TPSA) is 105 Å². The summed E-state index contributed by atoms with van der Waals surface area (Å²) in [6.07, 6.45) is 3.40. The van der Waals surface area contributed by atoms with Crippen molar-refractivity contribution in [1.82, 2.24) is 20.2 Å². The van der Waals surface area contributed by atoms with Gasteiger partial charge < -0.3 is 20.1 Å². The van der Waals surface area contributed by atoms with Crippen molar-refractivity contribution in [2.45, 2.75) is 13.3 Å². The van der Waals surface area contributed by atoms with Crippen molar-refractivity contribution >= 4 is 33.6 Å². The van der Waals surface area contributed by atoms with E-state index in [0.717, 1.165) is 16.6 Å². The van der Waals surface area contributed by atoms with Crippen LogP contribution in [0.25, 0.3) is 10.2 Å². The third kappa shape index (κ3) is 2.45. The van der Waals surface area contributed by atoms with E-state index in [2.05, 4.69) is 22.2 Å². The number of ether oxygens (including phenoxy) is 1. The maximum absolute atomic E-state index is 12.5. The Morgan fingerprint density at radius 3 is 2.96 bits per heavy atom. The molecule has 2 saturated heterocycles. The van der Waals surface area contributed by atoms with E-state index in [1.54, 1.807) is 23.4 Å². The van der Waals surface area contributed by atoms with Gasteiger partial charge in [0.25, 0.3) is 5.91 Å². The third-order valence-electron chi connectivity index (χ3n) is 6.93. The van der Waals surface area contributed by atoms with E-state index >= 15 is 0 Å². The quantitative estimate of drug-likeness (QED) is 0.793. The van der Waals surface area contributed by atoms with E-state index in [9.17, 15) is 14.7 Å². The summed E-state index contributed by atoms with van der Waals surface area (Å²) in [7, 11) is 0. The van der Waals surface area contributed by atoms with Crippen LogP contribution in [-0.4, -0.2) is 64.8 Å². The number of fused-ring (bicyclic) bond motifs is 2. The van der Waals surface area contributed by atoms with Crippen molar-refractivity contribution in [1.29, 1.82) is 0 Å². The first-order chi connectivity index (χ1) is 13.4. The number of thiazole rings is 1. The van der Waals surface area contributed by atoms with Crippen molar-refractivity contribution in [3.8, 4) is 0 Å². The lowest BCUT2D eigenvalue weighted by Gasteiger charge is -2.46. The van der Waals surface area contributed by atoms with Gasteiger partial charge in [0, 0.05) is 42.9 Å². The van der Waals surface area contributed by atoms with Crippen LogP contribution in [0.15, 0.2) is 18.5 Å². The van der Waals surface area contributed by atoms with Gasteiger partial charge in [0.1, 0.15) is 0 Å². The number of pyridine rings is 1. The molecule has 2 aromatic rings. The van der Waals surface area contributed by atoms with Gasteiger partial charge in [-0.25, -0.2) is 9.78 Å². The molecule has 0 aromatic carbocycles. The molecule has 2 aliphatic heterocycles. The number of amides is 2. The second-order valence-corrected chi connectivity index (χ2v) is 9.41. The van der Waals surface area contributed by atoms with Gasteiger partial charge in [-0.2, -0.15) is 0 Å². The predicted octanol–water partition coefficient (Wildman–Crippen LogP) is 2.07. The summed E-state index contributed by atoms with van der Waals surface area (Å²) in [6.45, 7) is 5.34. The summed E-state index contributed by atoms with van der Waals surface area (Å²) in [5.41, 5.74) is 0.819. The SMILES string of the molecule is CC1(C23CN(C(=O)O)CC2C3CCNC(=O)c2nc3ccncc3s2)COC1. The molecule has 2 aromatic heterocycles. The lowest BCUT2D eigenvalue weighted by molar-refractivity contribution is -0.148. The lowest BCUT2D eigenvalue weighted by atomic mass is 9.70. The molecule has 1 saturated carbocycles. The highest BCUT2D eigenvalue weighted by Gasteiger charge is 2.77. The second kappa shape index (κ2) is 6.12. The van der Waals surface area contributed by atoms with Gasteiger partial charge in [0.15, 0.2) is 5.01 Å². The van der Waals surface area contributed by atoms with Crippen LogP contribution in [0.5, 0.6) is 0 Å². The molecule has 9 heteroatoms. The molecule has 28 heavy (non-hydrogen) atoms. The number of carbonyl (C=O) groups excluding carboxylic acids is 1. The van der Waals surface area contributed by atoms with Gasteiger partial charge in [0.05, 0.1) is 23.4 Å². The number of carboxylic acid groups (broad SMARTS) is 1. The molecule has 0 bridgehead atoms. The summed E-state index contributed by atoms with van der Waals surface area (Å²) < 4.78 is 6.37. The Kier molecular flexibility index (Phi) is 3.89. The Morgan fingerprint density at radius 2 is 2.29 bits per heavy atom. The van der Waals surface area contributed by atoms with E-state index in [1.165, 1.54) is 11.3 Å². The zero-order valence-electron chi connectivity index (χ0n) is 15.6. The minimum Gasteiger partial charge on any atom is -0.465 e. The summed E-state index contributed by atoms with van der Waals surface area (Å²) in [6, 6.07) is 1.80. The number of aromatic nitrogens is 2. The molecule has 2 amide bonds. The van der Waals surface area contributed by atoms with Crippen LogP contribution >= 0.6 is 11.3 Å². The largest absolute Gasteiger partial charge is 0.465 e. The molecule has 148 valence electrons. The Hall–Kier alpha value is -2.26. The zero-order valence-corrected chi connectivity index (χ0v) is 16.4. The predicted molar refractivity (Wildman–Crippen MR) is 102 cm³/mol. The fourth-order valence-electron chi connectivity index (χ4n) is 5.41. The van der Waals surface area contributed by atoms with Crippen LogP contribution in [0.3, 0.4) is 0 Å². The maximum Gasteiger partial charge on any atom is 0.407 e. The van der Waals surface area contributed by atoms with E-state index in [4.69, 9.17) is 4.74 Å². The van der Waals surface area contributed by atoms with Crippen molar-refractivity contribution in [2.24, 2.45) is 22.7 Å². The highest BCUT2D eigenvalue weighted by molar-refractivity contribution is 7.20. The van der Waals surface area contributed by atoms with Crippen LogP contribution < -0.4 is 5.32 Å². The maximum atomic E-state index is 12.5. The first-order valence-electron chi connectivity index (χ1n) is 9.49. The number of hydrogen-bond acceptors (Lipinski definition) is 6. The highest BCUT2D eigenvalue weighted by Crippen LogP contribution is 2.74. The monoisotopic (exact) mass is 402 g/mol. The summed E-state index contributed by atoms with van der Waals surface area (Å²) in [5, 5.41) is 12.8. The molecule has 3 unspecified atom stereocenters. The van der Waals surface area contributed by atoms with Gasteiger partial charge in [-0.1, -0.05) is 6.92 Å². The van der Waals surface area contributed by atoms with Crippen molar-refractivity contribution < 1.29 is 19.4 Å². The molecular formula is C19H22N4O4S. The normalized spacial score (nSPS) is 30.0. The van der Waals surface area contributed by atoms with Crippen LogP contribution in [-0.2, 0) is 4.74 Å². The Balaban J connectivity index is 1.22. The average Bonchev–Trinajstić information content (AvgIpc) is 3.03. The first kappa shape index (κ1) is 17.8. The molecule has 5 rings (SSSR count). The standard InChI is InChI=1S/C19H22N4O4S/c1-18(9-27-10-18)19-8-23(17(25)26)7-12(19)11(19)2-5-21-15(24)16-22-13-3-4-20-6-14(13)28-16/h3-4,6,11-12H,2,5,7-10H2,1H3,(H,21,24)(H,25,26). The van der Waals surface area contributed by atoms with Crippen LogP contribution in [0.2, 0.25) is 0 Å². The van der Waals surface area contributed by atoms with Gasteiger partial charge >= 0.3 is 6.09 Å². The summed E-state index contributed by atoms with van der Waals surface area (Å²) >= 11 is 1.34. The highest BCUT2D eigenvalue weighted by atomic mass is 32.1. The van der Waals surface area contributed by atoms with E-state index in [0.29, 0.717) is 49.7 Å². The smallest absolute Gasteiger partial charge is 0.407 e. The van der Waals surface area contributed by atoms with Crippen LogP contribution in [0, 0.1) is 22.7 Å². The number of nitrogens with zero attached hydrogens (tertiary/aromatic N) is 3. The first-order valence-corrected chi connectivity index (χ1v) is 10.3. The molecule has 4 heterocycles. The molecule has 2 N–H and O–H groups in total. The van der Waals surface area contributed by atoms with Crippen molar-refractivity contribution in [2.75, 3.05) is 32.8 Å². The molecular weight excluding hydrogens is 380 g/mol. The van der Waals surface area contributed by atoms with Gasteiger partial charge in [-0.05, 0) is 24.3 Å². The van der Waals surface area contributed by atoms with E-state index < -0.39 is 6.09 Å². The Morgan fingerprint density at radius 1 is 1.46 bits per heavy atom. The third-order valence-corrected chi connectivity index (χ3v) is 7.94. The average molecular weight is 402 g/mol. The number of rotatable bonds is 5. The molecule has 8 nitrogen and oxygen atoms in total. The molecule has 1 aliphatic carbocycles. The van der Waals surface area contributed by atoms with Crippen LogP contribution in [0.1, 0.15) is 23.1 Å². The lowest BCUT2D eigenvalue weighted by Crippen LogP contribution is -2.51. The second-order valence-electron chi connectivity index (χ2n) is 8.38.